The van der Waals surface area contributed by atoms with E-state index in [9.17, 15) is 17.2 Å². The molecule has 1 fully saturated rings. The van der Waals surface area contributed by atoms with Crippen molar-refractivity contribution in [3.8, 4) is 0 Å². The van der Waals surface area contributed by atoms with Gasteiger partial charge in [-0.25, -0.2) is 17.2 Å². The Morgan fingerprint density at radius 3 is 2.19 bits per heavy atom. The van der Waals surface area contributed by atoms with Crippen LogP contribution in [0.4, 0.5) is 8.78 Å². The molecule has 4 nitrogen and oxygen atoms in total. The van der Waals surface area contributed by atoms with Gasteiger partial charge in [-0.05, 0) is 35.9 Å². The number of sulfonamides is 1. The summed E-state index contributed by atoms with van der Waals surface area (Å²) in [6, 6.07) is 8.00. The lowest BCUT2D eigenvalue weighted by molar-refractivity contribution is 0.181. The van der Waals surface area contributed by atoms with Crippen molar-refractivity contribution < 1.29 is 17.2 Å². The molecule has 0 atom stereocenters. The molecular weight excluding hydrogens is 405 g/mol. The van der Waals surface area contributed by atoms with Crippen molar-refractivity contribution in [1.29, 1.82) is 0 Å². The van der Waals surface area contributed by atoms with E-state index < -0.39 is 21.7 Å². The zero-order chi connectivity index (χ0) is 18.9. The average Bonchev–Trinajstić information content (AvgIpc) is 2.61. The van der Waals surface area contributed by atoms with Gasteiger partial charge in [-0.2, -0.15) is 4.31 Å². The number of benzene rings is 2. The molecule has 1 heterocycles. The van der Waals surface area contributed by atoms with E-state index in [0.29, 0.717) is 35.7 Å². The van der Waals surface area contributed by atoms with Gasteiger partial charge in [0.1, 0.15) is 0 Å². The predicted octanol–water partition coefficient (Wildman–Crippen LogP) is 3.78. The first-order valence-corrected chi connectivity index (χ1v) is 10.1. The van der Waals surface area contributed by atoms with E-state index >= 15 is 0 Å². The van der Waals surface area contributed by atoms with Crippen LogP contribution in [-0.4, -0.2) is 43.8 Å². The van der Waals surface area contributed by atoms with Gasteiger partial charge in [0.15, 0.2) is 11.6 Å². The number of hydrogen-bond donors (Lipinski definition) is 0. The van der Waals surface area contributed by atoms with Crippen LogP contribution in [0.1, 0.15) is 5.56 Å². The standard InChI is InChI=1S/C17H16Cl2F2N2O2S/c18-14-3-1-12(9-15(14)19)11-22-5-7-23(8-6-22)26(24,25)13-2-4-16(20)17(21)10-13/h1-4,9-10H,5-8,11H2. The van der Waals surface area contributed by atoms with E-state index in [2.05, 4.69) is 4.90 Å². The highest BCUT2D eigenvalue weighted by Gasteiger charge is 2.29. The summed E-state index contributed by atoms with van der Waals surface area (Å²) < 4.78 is 52.8. The van der Waals surface area contributed by atoms with Crippen molar-refractivity contribution >= 4 is 33.2 Å². The molecule has 0 amide bonds. The first-order chi connectivity index (χ1) is 12.3. The Morgan fingerprint density at radius 2 is 1.58 bits per heavy atom. The summed E-state index contributed by atoms with van der Waals surface area (Å²) in [4.78, 5) is 1.85. The number of halogens is 4. The monoisotopic (exact) mass is 420 g/mol. The van der Waals surface area contributed by atoms with Gasteiger partial charge >= 0.3 is 0 Å². The molecule has 0 aromatic heterocycles. The maximum Gasteiger partial charge on any atom is 0.243 e. The van der Waals surface area contributed by atoms with E-state index in [4.69, 9.17) is 23.2 Å². The zero-order valence-electron chi connectivity index (χ0n) is 13.6. The molecule has 1 aliphatic heterocycles. The highest BCUT2D eigenvalue weighted by molar-refractivity contribution is 7.89. The largest absolute Gasteiger partial charge is 0.296 e. The van der Waals surface area contributed by atoms with Gasteiger partial charge in [0.05, 0.1) is 14.9 Å². The Bertz CT molecular complexity index is 917. The predicted molar refractivity (Wildman–Crippen MR) is 96.9 cm³/mol. The van der Waals surface area contributed by atoms with Crippen molar-refractivity contribution in [2.24, 2.45) is 0 Å². The smallest absolute Gasteiger partial charge is 0.243 e. The van der Waals surface area contributed by atoms with Crippen LogP contribution in [0.5, 0.6) is 0 Å². The van der Waals surface area contributed by atoms with Crippen LogP contribution in [-0.2, 0) is 16.6 Å². The summed E-state index contributed by atoms with van der Waals surface area (Å²) in [6.45, 7) is 2.19. The molecule has 2 aromatic carbocycles. The molecule has 0 N–H and O–H groups in total. The Kier molecular flexibility index (Phi) is 5.84. The van der Waals surface area contributed by atoms with Crippen LogP contribution in [0, 0.1) is 11.6 Å². The molecule has 2 aromatic rings. The first-order valence-electron chi connectivity index (χ1n) is 7.89. The molecule has 0 radical (unpaired) electrons. The first kappa shape index (κ1) is 19.5. The fraction of sp³-hybridized carbons (Fsp3) is 0.294. The van der Waals surface area contributed by atoms with Crippen LogP contribution in [0.15, 0.2) is 41.3 Å². The van der Waals surface area contributed by atoms with E-state index in [1.54, 1.807) is 12.1 Å². The Labute approximate surface area is 161 Å². The van der Waals surface area contributed by atoms with E-state index in [0.717, 1.165) is 17.7 Å². The lowest BCUT2D eigenvalue weighted by atomic mass is 10.2. The van der Waals surface area contributed by atoms with Gasteiger partial charge in [-0.1, -0.05) is 29.3 Å². The molecule has 0 bridgehead atoms. The van der Waals surface area contributed by atoms with Gasteiger partial charge in [0.2, 0.25) is 10.0 Å². The Hall–Kier alpha value is -1.25. The maximum atomic E-state index is 13.4. The lowest BCUT2D eigenvalue weighted by Gasteiger charge is -2.34. The molecule has 1 saturated heterocycles. The molecule has 0 spiro atoms. The van der Waals surface area contributed by atoms with E-state index in [-0.39, 0.29) is 18.0 Å². The molecule has 0 unspecified atom stereocenters. The van der Waals surface area contributed by atoms with Crippen LogP contribution < -0.4 is 0 Å². The van der Waals surface area contributed by atoms with Crippen molar-refractivity contribution in [2.45, 2.75) is 11.4 Å². The van der Waals surface area contributed by atoms with Crippen molar-refractivity contribution in [3.63, 3.8) is 0 Å². The zero-order valence-corrected chi connectivity index (χ0v) is 16.0. The summed E-state index contributed by atoms with van der Waals surface area (Å²) in [5.74, 6) is -2.25. The minimum absolute atomic E-state index is 0.241. The second-order valence-electron chi connectivity index (χ2n) is 6.00. The molecular formula is C17H16Cl2F2N2O2S. The van der Waals surface area contributed by atoms with Gasteiger partial charge in [-0.3, -0.25) is 4.90 Å². The van der Waals surface area contributed by atoms with Crippen molar-refractivity contribution in [2.75, 3.05) is 26.2 Å². The summed E-state index contributed by atoms with van der Waals surface area (Å²) in [7, 11) is -3.85. The molecule has 26 heavy (non-hydrogen) atoms. The molecule has 0 saturated carbocycles. The average molecular weight is 421 g/mol. The topological polar surface area (TPSA) is 40.6 Å². The number of nitrogens with zero attached hydrogens (tertiary/aromatic N) is 2. The highest BCUT2D eigenvalue weighted by Crippen LogP contribution is 2.24. The third kappa shape index (κ3) is 4.18. The van der Waals surface area contributed by atoms with Crippen LogP contribution in [0.25, 0.3) is 0 Å². The van der Waals surface area contributed by atoms with Crippen LogP contribution in [0.3, 0.4) is 0 Å². The van der Waals surface area contributed by atoms with Gasteiger partial charge in [-0.15, -0.1) is 0 Å². The van der Waals surface area contributed by atoms with Gasteiger partial charge in [0, 0.05) is 32.7 Å². The molecule has 3 rings (SSSR count). The summed E-state index contributed by atoms with van der Waals surface area (Å²) in [5, 5.41) is 0.960. The molecule has 9 heteroatoms. The molecule has 140 valence electrons. The van der Waals surface area contributed by atoms with Crippen molar-refractivity contribution in [1.82, 2.24) is 9.21 Å². The van der Waals surface area contributed by atoms with Crippen LogP contribution >= 0.6 is 23.2 Å². The molecule has 1 aliphatic rings. The van der Waals surface area contributed by atoms with E-state index in [1.807, 2.05) is 6.07 Å². The third-order valence-electron chi connectivity index (χ3n) is 4.25. The number of rotatable bonds is 4. The summed E-state index contributed by atoms with van der Waals surface area (Å²) >= 11 is 11.9. The van der Waals surface area contributed by atoms with Gasteiger partial charge < -0.3 is 0 Å². The molecule has 0 aliphatic carbocycles. The fourth-order valence-electron chi connectivity index (χ4n) is 2.81. The number of piperazine rings is 1. The quantitative estimate of drug-likeness (QED) is 0.755. The Morgan fingerprint density at radius 1 is 0.885 bits per heavy atom. The number of hydrogen-bond acceptors (Lipinski definition) is 3. The van der Waals surface area contributed by atoms with Gasteiger partial charge in [0.25, 0.3) is 0 Å². The van der Waals surface area contributed by atoms with E-state index in [1.165, 1.54) is 4.31 Å². The lowest BCUT2D eigenvalue weighted by Crippen LogP contribution is -2.48. The minimum Gasteiger partial charge on any atom is -0.296 e. The highest BCUT2D eigenvalue weighted by atomic mass is 35.5. The summed E-state index contributed by atoms with van der Waals surface area (Å²) in [6.07, 6.45) is 0. The SMILES string of the molecule is O=S(=O)(c1ccc(F)c(F)c1)N1CCN(Cc2ccc(Cl)c(Cl)c2)CC1. The van der Waals surface area contributed by atoms with Crippen molar-refractivity contribution in [3.05, 3.63) is 63.6 Å². The van der Waals surface area contributed by atoms with Crippen LogP contribution in [0.2, 0.25) is 10.0 Å². The summed E-state index contributed by atoms with van der Waals surface area (Å²) in [5.41, 5.74) is 0.983. The maximum absolute atomic E-state index is 13.4. The second kappa shape index (κ2) is 7.78. The minimum atomic E-state index is -3.85. The second-order valence-corrected chi connectivity index (χ2v) is 8.76. The Balaban J connectivity index is 1.65. The normalized spacial score (nSPS) is 16.8. The fourth-order valence-corrected chi connectivity index (χ4v) is 4.57. The third-order valence-corrected chi connectivity index (χ3v) is 6.88.